The van der Waals surface area contributed by atoms with E-state index in [0.717, 1.165) is 17.7 Å². The average molecular weight is 380 g/mol. The molecule has 0 aliphatic heterocycles. The monoisotopic (exact) mass is 379 g/mol. The number of nitrogens with one attached hydrogen (secondary N) is 1. The molecule has 0 saturated carbocycles. The van der Waals surface area contributed by atoms with E-state index in [0.29, 0.717) is 40.1 Å². The number of nitrogens with zero attached hydrogens (tertiary/aromatic N) is 5. The van der Waals surface area contributed by atoms with Crippen molar-refractivity contribution in [1.82, 2.24) is 24.7 Å². The summed E-state index contributed by atoms with van der Waals surface area (Å²) in [5, 5.41) is 8.94. The van der Waals surface area contributed by atoms with E-state index in [2.05, 4.69) is 25.4 Å². The lowest BCUT2D eigenvalue weighted by Crippen LogP contribution is -2.09. The first-order chi connectivity index (χ1) is 13.1. The zero-order valence-corrected chi connectivity index (χ0v) is 15.5. The minimum absolute atomic E-state index is 0.478. The Labute approximate surface area is 161 Å². The van der Waals surface area contributed by atoms with Crippen LogP contribution in [0, 0.1) is 0 Å². The molecule has 8 heteroatoms. The average Bonchev–Trinajstić information content (AvgIpc) is 2.96. The molecule has 27 heavy (non-hydrogen) atoms. The minimum atomic E-state index is 0.478. The van der Waals surface area contributed by atoms with Crippen molar-refractivity contribution in [3.05, 3.63) is 59.4 Å². The van der Waals surface area contributed by atoms with Crippen LogP contribution in [-0.4, -0.2) is 31.3 Å². The summed E-state index contributed by atoms with van der Waals surface area (Å²) in [5.41, 5.74) is 9.18. The molecule has 0 aliphatic rings. The number of nitrogens with two attached hydrogens (primary N) is 1. The van der Waals surface area contributed by atoms with E-state index in [1.807, 2.05) is 42.5 Å². The number of hydrogen-bond donors (Lipinski definition) is 2. The van der Waals surface area contributed by atoms with Crippen molar-refractivity contribution in [2.24, 2.45) is 7.05 Å². The van der Waals surface area contributed by atoms with Crippen molar-refractivity contribution in [2.45, 2.75) is 6.42 Å². The number of halogens is 1. The number of aryl methyl sites for hydroxylation is 1. The quantitative estimate of drug-likeness (QED) is 0.552. The molecule has 1 aromatic carbocycles. The molecule has 0 radical (unpaired) electrons. The van der Waals surface area contributed by atoms with Gasteiger partial charge in [-0.1, -0.05) is 35.9 Å². The summed E-state index contributed by atoms with van der Waals surface area (Å²) >= 11 is 6.40. The lowest BCUT2D eigenvalue weighted by atomic mass is 10.1. The zero-order chi connectivity index (χ0) is 18.8. The molecule has 0 saturated heterocycles. The van der Waals surface area contributed by atoms with Gasteiger partial charge >= 0.3 is 0 Å². The molecule has 0 atom stereocenters. The van der Waals surface area contributed by atoms with E-state index < -0.39 is 0 Å². The molecule has 3 N–H and O–H groups in total. The van der Waals surface area contributed by atoms with Gasteiger partial charge in [-0.05, 0) is 18.2 Å². The van der Waals surface area contributed by atoms with Crippen molar-refractivity contribution in [3.8, 4) is 11.3 Å². The summed E-state index contributed by atoms with van der Waals surface area (Å²) in [5.74, 6) is 0.978. The van der Waals surface area contributed by atoms with Crippen LogP contribution in [-0.2, 0) is 13.5 Å². The third kappa shape index (κ3) is 3.41. The minimum Gasteiger partial charge on any atom is -0.383 e. The SMILES string of the molecule is Cn1nc2nc(NCCc3ccccn3)nc(-c3ccccc3Cl)c2c1N. The second-order valence-electron chi connectivity index (χ2n) is 6.08. The Morgan fingerprint density at radius 1 is 1.11 bits per heavy atom. The molecular formula is C19H18ClN7. The number of fused-ring (bicyclic) bond motifs is 1. The Hall–Kier alpha value is -3.19. The first-order valence-electron chi connectivity index (χ1n) is 8.52. The van der Waals surface area contributed by atoms with E-state index in [9.17, 15) is 0 Å². The van der Waals surface area contributed by atoms with Crippen molar-refractivity contribution >= 4 is 34.4 Å². The highest BCUT2D eigenvalue weighted by atomic mass is 35.5. The fourth-order valence-electron chi connectivity index (χ4n) is 2.89. The molecule has 4 aromatic rings. The van der Waals surface area contributed by atoms with E-state index in [1.165, 1.54) is 0 Å². The molecule has 4 rings (SSSR count). The highest BCUT2D eigenvalue weighted by Gasteiger charge is 2.18. The fraction of sp³-hybridized carbons (Fsp3) is 0.158. The Kier molecular flexibility index (Phi) is 4.60. The van der Waals surface area contributed by atoms with Gasteiger partial charge in [-0.3, -0.25) is 9.67 Å². The van der Waals surface area contributed by atoms with Gasteiger partial charge in [-0.15, -0.1) is 0 Å². The smallest absolute Gasteiger partial charge is 0.225 e. The van der Waals surface area contributed by atoms with Crippen LogP contribution >= 0.6 is 11.6 Å². The number of benzene rings is 1. The van der Waals surface area contributed by atoms with Crippen LogP contribution in [0.1, 0.15) is 5.69 Å². The van der Waals surface area contributed by atoms with Gasteiger partial charge in [-0.2, -0.15) is 10.1 Å². The maximum atomic E-state index is 6.40. The second kappa shape index (κ2) is 7.20. The molecule has 0 spiro atoms. The Morgan fingerprint density at radius 2 is 1.93 bits per heavy atom. The Balaban J connectivity index is 1.71. The molecular weight excluding hydrogens is 362 g/mol. The lowest BCUT2D eigenvalue weighted by molar-refractivity contribution is 0.787. The molecule has 0 unspecified atom stereocenters. The topological polar surface area (TPSA) is 94.5 Å². The Bertz CT molecular complexity index is 1090. The van der Waals surface area contributed by atoms with Crippen LogP contribution in [0.5, 0.6) is 0 Å². The van der Waals surface area contributed by atoms with Gasteiger partial charge in [0.1, 0.15) is 5.82 Å². The summed E-state index contributed by atoms with van der Waals surface area (Å²) in [6.07, 6.45) is 2.54. The number of rotatable bonds is 5. The molecule has 7 nitrogen and oxygen atoms in total. The van der Waals surface area contributed by atoms with Gasteiger partial charge in [0.05, 0.1) is 11.1 Å². The maximum absolute atomic E-state index is 6.40. The van der Waals surface area contributed by atoms with Crippen LogP contribution in [0.15, 0.2) is 48.7 Å². The van der Waals surface area contributed by atoms with Gasteiger partial charge in [0.2, 0.25) is 5.95 Å². The number of hydrogen-bond acceptors (Lipinski definition) is 6. The summed E-state index contributed by atoms with van der Waals surface area (Å²) in [7, 11) is 1.78. The van der Waals surface area contributed by atoms with E-state index in [1.54, 1.807) is 17.9 Å². The second-order valence-corrected chi connectivity index (χ2v) is 6.49. The first kappa shape index (κ1) is 17.2. The van der Waals surface area contributed by atoms with Gasteiger partial charge in [0.15, 0.2) is 5.65 Å². The predicted octanol–water partition coefficient (Wildman–Crippen LogP) is 3.32. The van der Waals surface area contributed by atoms with Crippen LogP contribution in [0.3, 0.4) is 0 Å². The van der Waals surface area contributed by atoms with Gasteiger partial charge < -0.3 is 11.1 Å². The van der Waals surface area contributed by atoms with Crippen molar-refractivity contribution < 1.29 is 0 Å². The molecule has 0 fully saturated rings. The third-order valence-electron chi connectivity index (χ3n) is 4.26. The zero-order valence-electron chi connectivity index (χ0n) is 14.7. The highest BCUT2D eigenvalue weighted by molar-refractivity contribution is 6.33. The van der Waals surface area contributed by atoms with Gasteiger partial charge in [-0.25, -0.2) is 4.98 Å². The Morgan fingerprint density at radius 3 is 2.70 bits per heavy atom. The van der Waals surface area contributed by atoms with Crippen LogP contribution in [0.2, 0.25) is 5.02 Å². The number of anilines is 2. The summed E-state index contributed by atoms with van der Waals surface area (Å²) in [4.78, 5) is 13.5. The normalized spacial score (nSPS) is 11.0. The number of pyridine rings is 1. The lowest BCUT2D eigenvalue weighted by Gasteiger charge is -2.09. The largest absolute Gasteiger partial charge is 0.383 e. The maximum Gasteiger partial charge on any atom is 0.225 e. The van der Waals surface area contributed by atoms with Gasteiger partial charge in [0, 0.05) is 42.5 Å². The van der Waals surface area contributed by atoms with Crippen molar-refractivity contribution in [2.75, 3.05) is 17.6 Å². The van der Waals surface area contributed by atoms with Crippen molar-refractivity contribution in [1.29, 1.82) is 0 Å². The summed E-state index contributed by atoms with van der Waals surface area (Å²) in [6.45, 7) is 0.646. The number of nitrogen functional groups attached to an aromatic ring is 1. The molecule has 136 valence electrons. The summed E-state index contributed by atoms with van der Waals surface area (Å²) in [6, 6.07) is 13.4. The molecule has 0 amide bonds. The van der Waals surface area contributed by atoms with E-state index >= 15 is 0 Å². The molecule has 0 aliphatic carbocycles. The van der Waals surface area contributed by atoms with E-state index in [4.69, 9.17) is 17.3 Å². The predicted molar refractivity (Wildman–Crippen MR) is 108 cm³/mol. The van der Waals surface area contributed by atoms with Gasteiger partial charge in [0.25, 0.3) is 0 Å². The number of aromatic nitrogens is 5. The van der Waals surface area contributed by atoms with Crippen molar-refractivity contribution in [3.63, 3.8) is 0 Å². The molecule has 3 heterocycles. The highest BCUT2D eigenvalue weighted by Crippen LogP contribution is 2.34. The van der Waals surface area contributed by atoms with Crippen LogP contribution in [0.4, 0.5) is 11.8 Å². The standard InChI is InChI=1S/C19H18ClN7/c1-27-17(21)15-16(13-7-2-3-8-14(13)20)24-19(25-18(15)26-27)23-11-9-12-6-4-5-10-22-12/h2-8,10H,9,11,21H2,1H3,(H,23,25,26). The first-order valence-corrected chi connectivity index (χ1v) is 8.90. The molecule has 0 bridgehead atoms. The van der Waals surface area contributed by atoms with Crippen LogP contribution < -0.4 is 11.1 Å². The molecule has 3 aromatic heterocycles. The fourth-order valence-corrected chi connectivity index (χ4v) is 3.12. The van der Waals surface area contributed by atoms with Crippen LogP contribution in [0.25, 0.3) is 22.3 Å². The third-order valence-corrected chi connectivity index (χ3v) is 4.59. The summed E-state index contributed by atoms with van der Waals surface area (Å²) < 4.78 is 1.59. The van der Waals surface area contributed by atoms with E-state index in [-0.39, 0.29) is 0 Å².